The smallest absolute Gasteiger partial charge is 0.252 e. The van der Waals surface area contributed by atoms with E-state index in [1.54, 1.807) is 0 Å². The third-order valence-corrected chi connectivity index (χ3v) is 12.8. The number of hydrogen-bond donors (Lipinski definition) is 13. The largest absolute Gasteiger partial charge is 0.366 e. The van der Waals surface area contributed by atoms with Crippen molar-refractivity contribution >= 4 is 95.2 Å². The summed E-state index contributed by atoms with van der Waals surface area (Å²) in [4.78, 5) is 156. The zero-order valence-corrected chi connectivity index (χ0v) is 44.7. The van der Waals surface area contributed by atoms with Gasteiger partial charge in [-0.05, 0) is 170 Å². The molecule has 4 aromatic carbocycles. The zero-order chi connectivity index (χ0) is 59.4. The molecule has 4 aromatic rings. The Hall–Kier alpha value is -8.88. The molecule has 0 bridgehead atoms. The standard InChI is InChI=1S/C56H71N13O12/c57-21-5-1-9-45(61)53(78)63-38-18-14-34(30-71)42(26-38)50(75)68-47(11-3-7-23-59)55(80)65-40-20-16-36(32-73)44(28-40)52(77)69-48(12-4-8-24-60)56(81)66-39-19-15-35(31-72)43(27-39)51(76)67-46(10-2-6-22-58)54(79)64-37-17-13-33(29-70)41(25-37)49(62)74/h13-20,25-32,45-48H,1-12,21-24,57-61H2,(H2,62,74)(H,63,78)(H,64,79)(H,65,80)(H,66,81)(H,67,76)(H,68,75)(H,69,77)/t45-,46-,47-,48-/m0/s1. The van der Waals surface area contributed by atoms with Crippen molar-refractivity contribution in [3.63, 3.8) is 0 Å². The fraction of sp³-hybridized carbons (Fsp3) is 0.357. The maximum Gasteiger partial charge on any atom is 0.252 e. The summed E-state index contributed by atoms with van der Waals surface area (Å²) in [6.45, 7) is 1.25. The van der Waals surface area contributed by atoms with Gasteiger partial charge in [0.1, 0.15) is 18.1 Å². The highest BCUT2D eigenvalue weighted by atomic mass is 16.2. The van der Waals surface area contributed by atoms with E-state index in [0.29, 0.717) is 89.5 Å². The highest BCUT2D eigenvalue weighted by Gasteiger charge is 2.28. The Morgan fingerprint density at radius 2 is 0.630 bits per heavy atom. The number of amides is 8. The summed E-state index contributed by atoms with van der Waals surface area (Å²) in [6, 6.07) is 10.9. The van der Waals surface area contributed by atoms with Gasteiger partial charge in [0.25, 0.3) is 17.7 Å². The van der Waals surface area contributed by atoms with Crippen LogP contribution in [0.5, 0.6) is 0 Å². The van der Waals surface area contributed by atoms with Crippen LogP contribution in [0.3, 0.4) is 0 Å². The number of aldehydes is 4. The van der Waals surface area contributed by atoms with Crippen molar-refractivity contribution in [3.05, 3.63) is 117 Å². The highest BCUT2D eigenvalue weighted by molar-refractivity contribution is 6.10. The van der Waals surface area contributed by atoms with Gasteiger partial charge in [-0.2, -0.15) is 0 Å². The van der Waals surface area contributed by atoms with E-state index in [0.717, 1.165) is 0 Å². The van der Waals surface area contributed by atoms with Crippen LogP contribution in [0.1, 0.15) is 160 Å². The number of anilines is 4. The molecule has 0 unspecified atom stereocenters. The minimum atomic E-state index is -1.29. The Morgan fingerprint density at radius 1 is 0.370 bits per heavy atom. The molecule has 25 nitrogen and oxygen atoms in total. The van der Waals surface area contributed by atoms with Gasteiger partial charge in [-0.3, -0.25) is 57.5 Å². The third-order valence-electron chi connectivity index (χ3n) is 12.8. The number of benzene rings is 4. The van der Waals surface area contributed by atoms with Crippen LogP contribution >= 0.6 is 0 Å². The number of nitrogens with one attached hydrogen (secondary N) is 7. The van der Waals surface area contributed by atoms with Crippen molar-refractivity contribution in [2.45, 2.75) is 101 Å². The van der Waals surface area contributed by atoms with E-state index in [1.807, 2.05) is 0 Å². The molecule has 0 aliphatic carbocycles. The Labute approximate surface area is 467 Å². The van der Waals surface area contributed by atoms with Crippen LogP contribution in [0.25, 0.3) is 0 Å². The molecule has 0 spiro atoms. The molecule has 0 saturated heterocycles. The van der Waals surface area contributed by atoms with Crippen molar-refractivity contribution in [1.29, 1.82) is 0 Å². The maximum atomic E-state index is 14.1. The van der Waals surface area contributed by atoms with Crippen molar-refractivity contribution in [2.24, 2.45) is 34.4 Å². The minimum Gasteiger partial charge on any atom is -0.366 e. The molecule has 81 heavy (non-hydrogen) atoms. The molecule has 4 rings (SSSR count). The second kappa shape index (κ2) is 33.5. The van der Waals surface area contributed by atoms with Gasteiger partial charge in [0.15, 0.2) is 25.1 Å². The molecule has 0 aromatic heterocycles. The molecule has 0 saturated carbocycles. The van der Waals surface area contributed by atoms with E-state index >= 15 is 0 Å². The molecule has 432 valence electrons. The Bertz CT molecular complexity index is 2930. The summed E-state index contributed by atoms with van der Waals surface area (Å²) in [5.41, 5.74) is 33.4. The van der Waals surface area contributed by atoms with E-state index in [2.05, 4.69) is 37.2 Å². The van der Waals surface area contributed by atoms with E-state index < -0.39 is 71.4 Å². The van der Waals surface area contributed by atoms with Crippen LogP contribution in [0.4, 0.5) is 22.7 Å². The number of carbonyl (C=O) groups excluding carboxylic acids is 12. The van der Waals surface area contributed by atoms with Gasteiger partial charge < -0.3 is 71.6 Å². The van der Waals surface area contributed by atoms with E-state index in [-0.39, 0.29) is 106 Å². The Morgan fingerprint density at radius 3 is 0.901 bits per heavy atom. The van der Waals surface area contributed by atoms with Crippen molar-refractivity contribution in [2.75, 3.05) is 47.4 Å². The molecule has 0 fully saturated rings. The lowest BCUT2D eigenvalue weighted by molar-refractivity contribution is -0.118. The maximum absolute atomic E-state index is 14.1. The first-order chi connectivity index (χ1) is 38.9. The Kier molecular flexibility index (Phi) is 26.8. The summed E-state index contributed by atoms with van der Waals surface area (Å²) >= 11 is 0. The van der Waals surface area contributed by atoms with Crippen LogP contribution in [0, 0.1) is 0 Å². The van der Waals surface area contributed by atoms with E-state index in [9.17, 15) is 57.5 Å². The van der Waals surface area contributed by atoms with E-state index in [1.165, 1.54) is 72.8 Å². The fourth-order valence-corrected chi connectivity index (χ4v) is 8.31. The number of hydrogen-bond acceptors (Lipinski definition) is 17. The molecular formula is C56H71N13O12. The van der Waals surface area contributed by atoms with Gasteiger partial charge in [0.05, 0.1) is 28.3 Å². The molecule has 0 heterocycles. The summed E-state index contributed by atoms with van der Waals surface area (Å²) in [5, 5.41) is 18.5. The number of carbonyl (C=O) groups is 12. The molecule has 25 heteroatoms. The first kappa shape index (κ1) is 64.6. The van der Waals surface area contributed by atoms with Crippen LogP contribution in [-0.4, -0.2) is 123 Å². The fourth-order valence-electron chi connectivity index (χ4n) is 8.31. The average Bonchev–Trinajstić information content (AvgIpc) is 3.47. The molecule has 0 aliphatic heterocycles. The quantitative estimate of drug-likeness (QED) is 0.0231. The summed E-state index contributed by atoms with van der Waals surface area (Å²) < 4.78 is 0. The van der Waals surface area contributed by atoms with E-state index in [4.69, 9.17) is 34.4 Å². The molecular weight excluding hydrogens is 1050 g/mol. The molecule has 4 atom stereocenters. The second-order valence-electron chi connectivity index (χ2n) is 18.8. The van der Waals surface area contributed by atoms with Crippen molar-refractivity contribution in [3.8, 4) is 0 Å². The van der Waals surface area contributed by atoms with Gasteiger partial charge in [-0.15, -0.1) is 0 Å². The first-order valence-corrected chi connectivity index (χ1v) is 26.3. The molecule has 8 amide bonds. The molecule has 19 N–H and O–H groups in total. The SMILES string of the molecule is NCCCC[C@H](NC(=O)c1cc(NC(=O)[C@H](CCCCN)NC(=O)c2cc(NC(=O)[C@H](CCCCN)NC(=O)c3cc(NC(=O)[C@@H](N)CCCCN)ccc3C=O)ccc2C=O)ccc1C=O)C(=O)Nc1ccc(C=O)c(C(N)=O)c1. The predicted octanol–water partition coefficient (Wildman–Crippen LogP) is 2.03. The monoisotopic (exact) mass is 1120 g/mol. The molecule has 0 aliphatic rings. The zero-order valence-electron chi connectivity index (χ0n) is 44.7. The normalized spacial score (nSPS) is 12.3. The lowest BCUT2D eigenvalue weighted by atomic mass is 10.0. The van der Waals surface area contributed by atoms with Crippen molar-refractivity contribution < 1.29 is 57.5 Å². The molecule has 0 radical (unpaired) electrons. The predicted molar refractivity (Wildman–Crippen MR) is 304 cm³/mol. The van der Waals surface area contributed by atoms with Crippen LogP contribution in [-0.2, 0) is 19.2 Å². The van der Waals surface area contributed by atoms with Crippen LogP contribution < -0.4 is 71.6 Å². The topological polar surface area (TPSA) is 445 Å². The number of rotatable bonds is 35. The highest BCUT2D eigenvalue weighted by Crippen LogP contribution is 2.22. The van der Waals surface area contributed by atoms with Gasteiger partial charge in [0, 0.05) is 45.0 Å². The third kappa shape index (κ3) is 19.8. The van der Waals surface area contributed by atoms with Crippen molar-refractivity contribution in [1.82, 2.24) is 16.0 Å². The lowest BCUT2D eigenvalue weighted by Crippen LogP contribution is -2.45. The summed E-state index contributed by atoms with van der Waals surface area (Å²) in [7, 11) is 0. The number of unbranched alkanes of at least 4 members (excludes halogenated alkanes) is 4. The second-order valence-corrected chi connectivity index (χ2v) is 18.8. The Balaban J connectivity index is 1.55. The number of primary amides is 1. The summed E-state index contributed by atoms with van der Waals surface area (Å²) in [6.07, 6.45) is 6.07. The van der Waals surface area contributed by atoms with Crippen LogP contribution in [0.2, 0.25) is 0 Å². The lowest BCUT2D eigenvalue weighted by Gasteiger charge is -2.21. The number of nitrogens with two attached hydrogens (primary N) is 6. The first-order valence-electron chi connectivity index (χ1n) is 26.3. The van der Waals surface area contributed by atoms with Gasteiger partial charge in [-0.1, -0.05) is 6.42 Å². The van der Waals surface area contributed by atoms with Gasteiger partial charge >= 0.3 is 0 Å². The average molecular weight is 1120 g/mol. The van der Waals surface area contributed by atoms with Gasteiger partial charge in [-0.25, -0.2) is 0 Å². The summed E-state index contributed by atoms with van der Waals surface area (Å²) in [5.74, 6) is -6.27. The van der Waals surface area contributed by atoms with Gasteiger partial charge in [0.2, 0.25) is 29.5 Å². The minimum absolute atomic E-state index is 0.00326. The van der Waals surface area contributed by atoms with Crippen LogP contribution in [0.15, 0.2) is 72.8 Å².